The minimum atomic E-state index is -0.400. The number of carbonyl (C=O) groups excluding carboxylic acids is 1. The lowest BCUT2D eigenvalue weighted by Crippen LogP contribution is -2.48. The maximum atomic E-state index is 13.5. The number of aromatic nitrogens is 1. The number of rotatable bonds is 4. The van der Waals surface area contributed by atoms with Crippen molar-refractivity contribution in [1.82, 2.24) is 9.88 Å². The van der Waals surface area contributed by atoms with Crippen molar-refractivity contribution in [1.29, 1.82) is 0 Å². The van der Waals surface area contributed by atoms with Crippen molar-refractivity contribution < 1.29 is 13.9 Å². The highest BCUT2D eigenvalue weighted by molar-refractivity contribution is 5.94. The Morgan fingerprint density at radius 3 is 2.64 bits per heavy atom. The first-order valence-corrected chi connectivity index (χ1v) is 8.26. The number of aromatic amines is 1. The molecule has 0 unspecified atom stereocenters. The average Bonchev–Trinajstić information content (AvgIpc) is 2.54. The van der Waals surface area contributed by atoms with Crippen LogP contribution < -0.4 is 10.3 Å². The van der Waals surface area contributed by atoms with E-state index in [9.17, 15) is 14.0 Å². The van der Waals surface area contributed by atoms with Gasteiger partial charge in [-0.1, -0.05) is 19.9 Å². The van der Waals surface area contributed by atoms with Gasteiger partial charge in [0.2, 0.25) is 5.56 Å². The van der Waals surface area contributed by atoms with E-state index in [1.165, 1.54) is 19.2 Å². The first kappa shape index (κ1) is 17.2. The molecule has 1 aliphatic heterocycles. The van der Waals surface area contributed by atoms with Crippen LogP contribution in [0.3, 0.4) is 0 Å². The highest BCUT2D eigenvalue weighted by Gasteiger charge is 2.33. The molecule has 1 fully saturated rings. The molecule has 0 saturated carbocycles. The highest BCUT2D eigenvalue weighted by atomic mass is 19.1. The van der Waals surface area contributed by atoms with Crippen molar-refractivity contribution in [2.75, 3.05) is 20.2 Å². The number of amides is 1. The van der Waals surface area contributed by atoms with Gasteiger partial charge in [-0.05, 0) is 29.7 Å². The summed E-state index contributed by atoms with van der Waals surface area (Å²) < 4.78 is 18.5. The molecule has 5 nitrogen and oxygen atoms in total. The van der Waals surface area contributed by atoms with E-state index in [0.717, 1.165) is 11.3 Å². The Hall–Kier alpha value is -2.63. The van der Waals surface area contributed by atoms with E-state index in [1.54, 1.807) is 23.1 Å². The number of halogens is 1. The van der Waals surface area contributed by atoms with Gasteiger partial charge in [0.05, 0.1) is 7.11 Å². The molecule has 1 aromatic carbocycles. The normalized spacial score (nSPS) is 14.5. The van der Waals surface area contributed by atoms with E-state index in [1.807, 2.05) is 13.8 Å². The first-order valence-electron chi connectivity index (χ1n) is 8.26. The quantitative estimate of drug-likeness (QED) is 0.928. The van der Waals surface area contributed by atoms with Crippen LogP contribution in [0.15, 0.2) is 35.1 Å². The lowest BCUT2D eigenvalue weighted by molar-refractivity contribution is 0.0601. The smallest absolute Gasteiger partial charge is 0.254 e. The Balaban J connectivity index is 1.72. The van der Waals surface area contributed by atoms with Crippen LogP contribution >= 0.6 is 0 Å². The lowest BCUT2D eigenvalue weighted by Gasteiger charge is -2.39. The van der Waals surface area contributed by atoms with Crippen LogP contribution in [0, 0.1) is 5.82 Å². The van der Waals surface area contributed by atoms with Gasteiger partial charge in [0.25, 0.3) is 5.91 Å². The van der Waals surface area contributed by atoms with Crippen molar-refractivity contribution in [3.8, 4) is 5.75 Å². The van der Waals surface area contributed by atoms with Crippen LogP contribution in [0.5, 0.6) is 5.75 Å². The molecule has 2 heterocycles. The topological polar surface area (TPSA) is 62.4 Å². The van der Waals surface area contributed by atoms with Crippen LogP contribution in [0.4, 0.5) is 4.39 Å². The number of likely N-dealkylation sites (tertiary alicyclic amines) is 1. The van der Waals surface area contributed by atoms with Gasteiger partial charge in [-0.3, -0.25) is 9.59 Å². The number of hydrogen-bond donors (Lipinski definition) is 1. The largest absolute Gasteiger partial charge is 0.494 e. The zero-order valence-corrected chi connectivity index (χ0v) is 14.5. The van der Waals surface area contributed by atoms with Crippen LogP contribution in [0.25, 0.3) is 0 Å². The Morgan fingerprint density at radius 2 is 2.00 bits per heavy atom. The Bertz CT molecular complexity index is 854. The first-order chi connectivity index (χ1) is 11.9. The molecule has 25 heavy (non-hydrogen) atoms. The van der Waals surface area contributed by atoms with E-state index in [4.69, 9.17) is 4.74 Å². The fourth-order valence-corrected chi connectivity index (χ4v) is 2.97. The SMILES string of the molecule is COc1cc(C2CN(C(=O)c3cc(C(C)C)[nH]c(=O)c3)C2)ccc1F. The number of pyridine rings is 1. The molecule has 0 atom stereocenters. The second-order valence-electron chi connectivity index (χ2n) is 6.64. The van der Waals surface area contributed by atoms with Gasteiger partial charge in [0.15, 0.2) is 11.6 Å². The number of benzene rings is 1. The summed E-state index contributed by atoms with van der Waals surface area (Å²) in [6.07, 6.45) is 0. The molecule has 0 spiro atoms. The van der Waals surface area contributed by atoms with Gasteiger partial charge in [-0.25, -0.2) is 4.39 Å². The number of nitrogens with one attached hydrogen (secondary N) is 1. The van der Waals surface area contributed by atoms with Crippen molar-refractivity contribution in [3.05, 3.63) is 63.3 Å². The molecule has 2 aromatic rings. The summed E-state index contributed by atoms with van der Waals surface area (Å²) in [4.78, 5) is 28.8. The zero-order chi connectivity index (χ0) is 18.1. The molecule has 0 radical (unpaired) electrons. The van der Waals surface area contributed by atoms with Crippen molar-refractivity contribution in [2.45, 2.75) is 25.7 Å². The predicted octanol–water partition coefficient (Wildman–Crippen LogP) is 2.89. The number of H-pyrrole nitrogens is 1. The second kappa shape index (κ2) is 6.70. The summed E-state index contributed by atoms with van der Waals surface area (Å²) in [5.41, 5.74) is 1.82. The standard InChI is InChI=1S/C19H21FN2O3/c1-11(2)16-6-13(8-18(23)21-16)19(24)22-9-14(10-22)12-4-5-15(20)17(7-12)25-3/h4-8,11,14H,9-10H2,1-3H3,(H,21,23). The molecule has 3 rings (SSSR count). The van der Waals surface area contributed by atoms with Crippen molar-refractivity contribution in [3.63, 3.8) is 0 Å². The number of nitrogens with zero attached hydrogens (tertiary/aromatic N) is 1. The molecular weight excluding hydrogens is 323 g/mol. The minimum absolute atomic E-state index is 0.135. The van der Waals surface area contributed by atoms with Crippen LogP contribution in [-0.2, 0) is 0 Å². The molecule has 0 bridgehead atoms. The van der Waals surface area contributed by atoms with E-state index >= 15 is 0 Å². The highest BCUT2D eigenvalue weighted by Crippen LogP contribution is 2.31. The Kier molecular flexibility index (Phi) is 4.61. The van der Waals surface area contributed by atoms with Crippen molar-refractivity contribution in [2.24, 2.45) is 0 Å². The summed E-state index contributed by atoms with van der Waals surface area (Å²) in [5.74, 6) is -0.0683. The third-order valence-electron chi connectivity index (χ3n) is 4.55. The maximum Gasteiger partial charge on any atom is 0.254 e. The number of carbonyl (C=O) groups is 1. The van der Waals surface area contributed by atoms with E-state index < -0.39 is 5.82 Å². The van der Waals surface area contributed by atoms with Gasteiger partial charge in [0, 0.05) is 36.3 Å². The minimum Gasteiger partial charge on any atom is -0.494 e. The summed E-state index contributed by atoms with van der Waals surface area (Å²) in [6, 6.07) is 7.84. The van der Waals surface area contributed by atoms with Gasteiger partial charge in [-0.15, -0.1) is 0 Å². The van der Waals surface area contributed by atoms with Crippen LogP contribution in [0.1, 0.15) is 47.3 Å². The second-order valence-corrected chi connectivity index (χ2v) is 6.64. The summed E-state index contributed by atoms with van der Waals surface area (Å²) in [7, 11) is 1.43. The van der Waals surface area contributed by atoms with Gasteiger partial charge in [-0.2, -0.15) is 0 Å². The molecule has 0 aliphatic carbocycles. The van der Waals surface area contributed by atoms with E-state index in [-0.39, 0.29) is 29.1 Å². The zero-order valence-electron chi connectivity index (χ0n) is 14.5. The Morgan fingerprint density at radius 1 is 1.28 bits per heavy atom. The molecule has 1 aromatic heterocycles. The van der Waals surface area contributed by atoms with Crippen LogP contribution in [-0.4, -0.2) is 36.0 Å². The number of methoxy groups -OCH3 is 1. The fraction of sp³-hybridized carbons (Fsp3) is 0.368. The average molecular weight is 344 g/mol. The molecule has 1 saturated heterocycles. The monoisotopic (exact) mass is 344 g/mol. The lowest BCUT2D eigenvalue weighted by atomic mass is 9.90. The third-order valence-corrected chi connectivity index (χ3v) is 4.55. The molecule has 1 aliphatic rings. The molecule has 1 N–H and O–H groups in total. The summed E-state index contributed by atoms with van der Waals surface area (Å²) in [6.45, 7) is 5.00. The summed E-state index contributed by atoms with van der Waals surface area (Å²) >= 11 is 0. The predicted molar refractivity (Wildman–Crippen MR) is 92.7 cm³/mol. The number of ether oxygens (including phenoxy) is 1. The van der Waals surface area contributed by atoms with Crippen LogP contribution in [0.2, 0.25) is 0 Å². The molecule has 6 heteroatoms. The van der Waals surface area contributed by atoms with Gasteiger partial charge >= 0.3 is 0 Å². The fourth-order valence-electron chi connectivity index (χ4n) is 2.97. The van der Waals surface area contributed by atoms with E-state index in [2.05, 4.69) is 4.98 Å². The van der Waals surface area contributed by atoms with Gasteiger partial charge in [0.1, 0.15) is 0 Å². The van der Waals surface area contributed by atoms with Crippen molar-refractivity contribution >= 4 is 5.91 Å². The maximum absolute atomic E-state index is 13.5. The van der Waals surface area contributed by atoms with Gasteiger partial charge < -0.3 is 14.6 Å². The molecule has 132 valence electrons. The molecular formula is C19H21FN2O3. The molecule has 1 amide bonds. The number of hydrogen-bond acceptors (Lipinski definition) is 3. The summed E-state index contributed by atoms with van der Waals surface area (Å²) in [5, 5.41) is 0. The Labute approximate surface area is 145 Å². The third kappa shape index (κ3) is 3.43. The van der Waals surface area contributed by atoms with E-state index in [0.29, 0.717) is 18.7 Å².